The van der Waals surface area contributed by atoms with Crippen LogP contribution in [0.25, 0.3) is 0 Å². The number of rotatable bonds is 7. The van der Waals surface area contributed by atoms with E-state index in [0.29, 0.717) is 5.56 Å². The number of hydrogen-bond donors (Lipinski definition) is 0. The minimum Gasteiger partial charge on any atom is -0.494 e. The smallest absolute Gasteiger partial charge is 0.150 e. The highest BCUT2D eigenvalue weighted by atomic mass is 16.5. The lowest BCUT2D eigenvalue weighted by molar-refractivity contribution is 0.0996. The molecule has 116 valence electrons. The largest absolute Gasteiger partial charge is 0.494 e. The molecule has 3 nitrogen and oxygen atoms in total. The maximum Gasteiger partial charge on any atom is 0.150 e. The van der Waals surface area contributed by atoms with Gasteiger partial charge in [0.1, 0.15) is 12.0 Å². The van der Waals surface area contributed by atoms with Crippen LogP contribution < -0.4 is 4.74 Å². The van der Waals surface area contributed by atoms with E-state index in [1.807, 2.05) is 12.1 Å². The molecule has 0 radical (unpaired) electrons. The third kappa shape index (κ3) is 4.85. The quantitative estimate of drug-likeness (QED) is 0.563. The van der Waals surface area contributed by atoms with Crippen LogP contribution in [0.1, 0.15) is 56.3 Å². The topological polar surface area (TPSA) is 29.5 Å². The van der Waals surface area contributed by atoms with Crippen LogP contribution in [-0.4, -0.2) is 36.4 Å². The summed E-state index contributed by atoms with van der Waals surface area (Å²) in [5.74, 6) is 0.791. The van der Waals surface area contributed by atoms with Crippen molar-refractivity contribution in [3.8, 4) is 5.75 Å². The highest BCUT2D eigenvalue weighted by Gasteiger charge is 2.23. The van der Waals surface area contributed by atoms with Gasteiger partial charge in [-0.05, 0) is 58.2 Å². The summed E-state index contributed by atoms with van der Waals surface area (Å²) in [5.41, 5.74) is 0.670. The number of unbranched alkanes of at least 4 members (excludes halogenated alkanes) is 1. The van der Waals surface area contributed by atoms with Crippen LogP contribution in [0.3, 0.4) is 0 Å². The lowest BCUT2D eigenvalue weighted by Crippen LogP contribution is -2.44. The fourth-order valence-electron chi connectivity index (χ4n) is 3.18. The molecule has 0 bridgehead atoms. The molecule has 0 aromatic heterocycles. The van der Waals surface area contributed by atoms with Crippen molar-refractivity contribution in [1.29, 1.82) is 0 Å². The van der Waals surface area contributed by atoms with E-state index in [0.717, 1.165) is 37.1 Å². The van der Waals surface area contributed by atoms with Crippen molar-refractivity contribution in [3.63, 3.8) is 0 Å². The first-order valence-corrected chi connectivity index (χ1v) is 8.14. The number of piperidine rings is 1. The SMILES string of the molecule is C[C@@H]1CCC[C@H](C)N1CCCCOc1cccc(C=O)c1. The fraction of sp³-hybridized carbons (Fsp3) is 0.611. The van der Waals surface area contributed by atoms with Crippen molar-refractivity contribution in [1.82, 2.24) is 4.90 Å². The first kappa shape index (κ1) is 16.0. The second-order valence-corrected chi connectivity index (χ2v) is 6.11. The van der Waals surface area contributed by atoms with Crippen molar-refractivity contribution in [3.05, 3.63) is 29.8 Å². The summed E-state index contributed by atoms with van der Waals surface area (Å²) in [4.78, 5) is 13.3. The van der Waals surface area contributed by atoms with E-state index in [4.69, 9.17) is 4.74 Å². The monoisotopic (exact) mass is 289 g/mol. The molecule has 2 rings (SSSR count). The second-order valence-electron chi connectivity index (χ2n) is 6.11. The number of benzene rings is 1. The van der Waals surface area contributed by atoms with Crippen LogP contribution in [-0.2, 0) is 0 Å². The fourth-order valence-corrected chi connectivity index (χ4v) is 3.18. The Bertz CT molecular complexity index is 437. The van der Waals surface area contributed by atoms with Crippen molar-refractivity contribution >= 4 is 6.29 Å². The second kappa shape index (κ2) is 8.18. The molecule has 1 aliphatic rings. The first-order chi connectivity index (χ1) is 10.2. The van der Waals surface area contributed by atoms with E-state index >= 15 is 0 Å². The van der Waals surface area contributed by atoms with Gasteiger partial charge in [-0.1, -0.05) is 18.6 Å². The van der Waals surface area contributed by atoms with Crippen LogP contribution in [0.5, 0.6) is 5.75 Å². The number of carbonyl (C=O) groups excluding carboxylic acids is 1. The zero-order chi connectivity index (χ0) is 15.1. The standard InChI is InChI=1S/C18H27NO2/c1-15-7-5-8-16(2)19(15)11-3-4-12-21-18-10-6-9-17(13-18)14-20/h6,9-10,13-16H,3-5,7-8,11-12H2,1-2H3/t15-,16+. The average molecular weight is 289 g/mol. The van der Waals surface area contributed by atoms with Crippen LogP contribution in [0.2, 0.25) is 0 Å². The summed E-state index contributed by atoms with van der Waals surface area (Å²) in [5, 5.41) is 0. The minimum absolute atomic E-state index is 0.670. The molecule has 0 saturated carbocycles. The van der Waals surface area contributed by atoms with E-state index in [9.17, 15) is 4.79 Å². The number of hydrogen-bond acceptors (Lipinski definition) is 3. The van der Waals surface area contributed by atoms with Crippen LogP contribution in [0.4, 0.5) is 0 Å². The van der Waals surface area contributed by atoms with Gasteiger partial charge in [0.2, 0.25) is 0 Å². The zero-order valence-electron chi connectivity index (χ0n) is 13.3. The van der Waals surface area contributed by atoms with E-state index in [1.165, 1.54) is 32.2 Å². The van der Waals surface area contributed by atoms with Gasteiger partial charge in [0.15, 0.2) is 0 Å². The van der Waals surface area contributed by atoms with Crippen LogP contribution in [0, 0.1) is 0 Å². The molecule has 1 heterocycles. The number of carbonyl (C=O) groups is 1. The molecule has 21 heavy (non-hydrogen) atoms. The number of aldehydes is 1. The number of nitrogens with zero attached hydrogens (tertiary/aromatic N) is 1. The molecular weight excluding hydrogens is 262 g/mol. The minimum atomic E-state index is 0.670. The third-order valence-corrected chi connectivity index (χ3v) is 4.45. The molecule has 0 N–H and O–H groups in total. The molecule has 2 atom stereocenters. The van der Waals surface area contributed by atoms with Gasteiger partial charge in [0.25, 0.3) is 0 Å². The molecule has 0 unspecified atom stereocenters. The third-order valence-electron chi connectivity index (χ3n) is 4.45. The normalized spacial score (nSPS) is 23.0. The molecule has 3 heteroatoms. The lowest BCUT2D eigenvalue weighted by Gasteiger charge is -2.39. The molecule has 0 spiro atoms. The zero-order valence-corrected chi connectivity index (χ0v) is 13.3. The highest BCUT2D eigenvalue weighted by Crippen LogP contribution is 2.22. The Balaban J connectivity index is 1.66. The van der Waals surface area contributed by atoms with Crippen LogP contribution in [0.15, 0.2) is 24.3 Å². The number of likely N-dealkylation sites (tertiary alicyclic amines) is 1. The summed E-state index contributed by atoms with van der Waals surface area (Å²) >= 11 is 0. The Kier molecular flexibility index (Phi) is 6.24. The average Bonchev–Trinajstić information content (AvgIpc) is 2.50. The van der Waals surface area contributed by atoms with E-state index < -0.39 is 0 Å². The van der Waals surface area contributed by atoms with E-state index in [2.05, 4.69) is 18.7 Å². The van der Waals surface area contributed by atoms with Gasteiger partial charge in [0.05, 0.1) is 6.61 Å². The number of ether oxygens (including phenoxy) is 1. The predicted molar refractivity (Wildman–Crippen MR) is 86.0 cm³/mol. The highest BCUT2D eigenvalue weighted by molar-refractivity contribution is 5.75. The van der Waals surface area contributed by atoms with Crippen molar-refractivity contribution < 1.29 is 9.53 Å². The van der Waals surface area contributed by atoms with Crippen LogP contribution >= 0.6 is 0 Å². The van der Waals surface area contributed by atoms with E-state index in [1.54, 1.807) is 12.1 Å². The van der Waals surface area contributed by atoms with Crippen molar-refractivity contribution in [2.45, 2.75) is 58.0 Å². The maximum absolute atomic E-state index is 10.7. The first-order valence-electron chi connectivity index (χ1n) is 8.14. The molecule has 1 fully saturated rings. The van der Waals surface area contributed by atoms with Gasteiger partial charge in [0, 0.05) is 17.6 Å². The van der Waals surface area contributed by atoms with Gasteiger partial charge >= 0.3 is 0 Å². The Labute approximate surface area is 128 Å². The summed E-state index contributed by atoms with van der Waals surface area (Å²) < 4.78 is 5.71. The maximum atomic E-state index is 10.7. The lowest BCUT2D eigenvalue weighted by atomic mass is 9.97. The Hall–Kier alpha value is -1.35. The summed E-state index contributed by atoms with van der Waals surface area (Å²) in [7, 11) is 0. The van der Waals surface area contributed by atoms with Gasteiger partial charge in [-0.3, -0.25) is 9.69 Å². The molecule has 0 aliphatic carbocycles. The Morgan fingerprint density at radius 3 is 2.71 bits per heavy atom. The van der Waals surface area contributed by atoms with Gasteiger partial charge in [-0.15, -0.1) is 0 Å². The Morgan fingerprint density at radius 2 is 2.00 bits per heavy atom. The molecule has 1 aromatic carbocycles. The Morgan fingerprint density at radius 1 is 1.24 bits per heavy atom. The summed E-state index contributed by atoms with van der Waals surface area (Å²) in [6.45, 7) is 6.58. The van der Waals surface area contributed by atoms with E-state index in [-0.39, 0.29) is 0 Å². The molecule has 1 aliphatic heterocycles. The predicted octanol–water partition coefficient (Wildman–Crippen LogP) is 3.92. The molecule has 1 saturated heterocycles. The molecule has 0 amide bonds. The van der Waals surface area contributed by atoms with Crippen molar-refractivity contribution in [2.75, 3.05) is 13.2 Å². The summed E-state index contributed by atoms with van der Waals surface area (Å²) in [6, 6.07) is 8.79. The molecule has 1 aromatic rings. The van der Waals surface area contributed by atoms with Crippen molar-refractivity contribution in [2.24, 2.45) is 0 Å². The summed E-state index contributed by atoms with van der Waals surface area (Å²) in [6.07, 6.45) is 7.11. The van der Waals surface area contributed by atoms with Gasteiger partial charge in [-0.2, -0.15) is 0 Å². The van der Waals surface area contributed by atoms with Gasteiger partial charge in [-0.25, -0.2) is 0 Å². The molecular formula is C18H27NO2. The van der Waals surface area contributed by atoms with Gasteiger partial charge < -0.3 is 4.74 Å².